The number of nitrogens with zero attached hydrogens (tertiary/aromatic N) is 2. The number of aromatic nitrogens is 1. The summed E-state index contributed by atoms with van der Waals surface area (Å²) in [6.07, 6.45) is 12.9. The minimum atomic E-state index is 0.857. The molecule has 5 heteroatoms. The lowest BCUT2D eigenvalue weighted by Gasteiger charge is -2.06. The van der Waals surface area contributed by atoms with Gasteiger partial charge in [0.2, 0.25) is 0 Å². The summed E-state index contributed by atoms with van der Waals surface area (Å²) >= 11 is 1.65. The Balaban J connectivity index is 0.000000292. The molecule has 3 rings (SSSR count). The van der Waals surface area contributed by atoms with E-state index in [2.05, 4.69) is 34.3 Å². The van der Waals surface area contributed by atoms with Crippen LogP contribution in [0.25, 0.3) is 11.6 Å². The van der Waals surface area contributed by atoms with Crippen molar-refractivity contribution in [2.75, 3.05) is 34.2 Å². The molecule has 1 saturated carbocycles. The molecule has 0 spiro atoms. The Morgan fingerprint density at radius 3 is 2.75 bits per heavy atom. The van der Waals surface area contributed by atoms with E-state index in [0.717, 1.165) is 23.2 Å². The van der Waals surface area contributed by atoms with Crippen LogP contribution in [0.3, 0.4) is 0 Å². The zero-order chi connectivity index (χ0) is 17.4. The Bertz CT molecular complexity index is 621. The van der Waals surface area contributed by atoms with Gasteiger partial charge in [-0.05, 0) is 68.6 Å². The normalized spacial score (nSPS) is 18.1. The van der Waals surface area contributed by atoms with Crippen molar-refractivity contribution < 1.29 is 0 Å². The molecule has 0 unspecified atom stereocenters. The van der Waals surface area contributed by atoms with E-state index < -0.39 is 0 Å². The van der Waals surface area contributed by atoms with Crippen LogP contribution in [0.4, 0.5) is 0 Å². The second-order valence-corrected chi connectivity index (χ2v) is 7.07. The number of thiazole rings is 1. The van der Waals surface area contributed by atoms with Gasteiger partial charge in [0.1, 0.15) is 5.01 Å². The summed E-state index contributed by atoms with van der Waals surface area (Å²) in [4.78, 5) is 6.59. The largest absolute Gasteiger partial charge is 0.387 e. The van der Waals surface area contributed by atoms with Gasteiger partial charge in [-0.2, -0.15) is 0 Å². The molecule has 0 atom stereocenters. The van der Waals surface area contributed by atoms with Crippen LogP contribution >= 0.6 is 11.3 Å². The maximum absolute atomic E-state index is 4.56. The molecule has 1 aromatic rings. The van der Waals surface area contributed by atoms with Crippen LogP contribution in [0.5, 0.6) is 0 Å². The van der Waals surface area contributed by atoms with Gasteiger partial charge >= 0.3 is 0 Å². The van der Waals surface area contributed by atoms with E-state index in [0.29, 0.717) is 0 Å². The van der Waals surface area contributed by atoms with E-state index in [9.17, 15) is 0 Å². The van der Waals surface area contributed by atoms with Gasteiger partial charge in [-0.1, -0.05) is 6.58 Å². The topological polar surface area (TPSA) is 40.2 Å². The molecule has 1 aliphatic heterocycles. The van der Waals surface area contributed by atoms with Crippen molar-refractivity contribution in [3.63, 3.8) is 0 Å². The van der Waals surface area contributed by atoms with Crippen molar-refractivity contribution >= 4 is 23.0 Å². The second kappa shape index (κ2) is 9.45. The Labute approximate surface area is 149 Å². The number of rotatable bonds is 6. The van der Waals surface area contributed by atoms with Crippen molar-refractivity contribution in [1.82, 2.24) is 20.5 Å². The predicted octanol–water partition coefficient (Wildman–Crippen LogP) is 3.35. The zero-order valence-corrected chi connectivity index (χ0v) is 15.7. The van der Waals surface area contributed by atoms with E-state index >= 15 is 0 Å². The van der Waals surface area contributed by atoms with Crippen molar-refractivity contribution in [1.29, 1.82) is 0 Å². The second-order valence-electron chi connectivity index (χ2n) is 6.22. The van der Waals surface area contributed by atoms with Gasteiger partial charge in [0.05, 0.1) is 5.69 Å². The Kier molecular flexibility index (Phi) is 7.28. The molecule has 1 fully saturated rings. The van der Waals surface area contributed by atoms with Gasteiger partial charge in [0.25, 0.3) is 0 Å². The fraction of sp³-hybridized carbons (Fsp3) is 0.421. The molecule has 0 bridgehead atoms. The van der Waals surface area contributed by atoms with E-state index in [-0.39, 0.29) is 0 Å². The molecule has 0 radical (unpaired) electrons. The maximum atomic E-state index is 4.56. The molecule has 0 aromatic carbocycles. The molecule has 2 aliphatic rings. The first kappa shape index (κ1) is 18.5. The Hall–Kier alpha value is -1.85. The fourth-order valence-corrected chi connectivity index (χ4v) is 3.09. The van der Waals surface area contributed by atoms with Crippen molar-refractivity contribution in [3.8, 4) is 0 Å². The molecule has 4 nitrogen and oxygen atoms in total. The van der Waals surface area contributed by atoms with Crippen molar-refractivity contribution in [2.45, 2.75) is 12.8 Å². The van der Waals surface area contributed by atoms with Crippen LogP contribution < -0.4 is 10.6 Å². The monoisotopic (exact) mass is 344 g/mol. The van der Waals surface area contributed by atoms with Crippen LogP contribution in [0, 0.1) is 5.92 Å². The van der Waals surface area contributed by atoms with Crippen LogP contribution in [-0.2, 0) is 0 Å². The average Bonchev–Trinajstić information content (AvgIpc) is 3.06. The minimum absolute atomic E-state index is 0.857. The lowest BCUT2D eigenvalue weighted by atomic mass is 10.1. The molecule has 2 N–H and O–H groups in total. The predicted molar refractivity (Wildman–Crippen MR) is 106 cm³/mol. The third-order valence-electron chi connectivity index (χ3n) is 3.73. The molecular weight excluding hydrogens is 316 g/mol. The van der Waals surface area contributed by atoms with E-state index in [1.165, 1.54) is 30.5 Å². The molecular formula is C19H28N4S. The highest BCUT2D eigenvalue weighted by Gasteiger charge is 2.19. The van der Waals surface area contributed by atoms with Gasteiger partial charge < -0.3 is 15.5 Å². The van der Waals surface area contributed by atoms with Gasteiger partial charge in [0, 0.05) is 31.6 Å². The van der Waals surface area contributed by atoms with Crippen LogP contribution in [0.15, 0.2) is 42.1 Å². The molecule has 24 heavy (non-hydrogen) atoms. The van der Waals surface area contributed by atoms with Gasteiger partial charge in [-0.3, -0.25) is 0 Å². The van der Waals surface area contributed by atoms with E-state index in [4.69, 9.17) is 0 Å². The first-order valence-electron chi connectivity index (χ1n) is 8.34. The number of hydrogen-bond acceptors (Lipinski definition) is 5. The van der Waals surface area contributed by atoms with Crippen molar-refractivity contribution in [2.24, 2.45) is 5.92 Å². The molecule has 1 aliphatic carbocycles. The highest BCUT2D eigenvalue weighted by molar-refractivity contribution is 7.11. The highest BCUT2D eigenvalue weighted by Crippen LogP contribution is 2.27. The quantitative estimate of drug-likeness (QED) is 0.830. The maximum Gasteiger partial charge on any atom is 0.124 e. The first-order valence-corrected chi connectivity index (χ1v) is 9.22. The summed E-state index contributed by atoms with van der Waals surface area (Å²) in [6.45, 7) is 5.84. The lowest BCUT2D eigenvalue weighted by Crippen LogP contribution is -2.08. The van der Waals surface area contributed by atoms with Crippen LogP contribution in [-0.4, -0.2) is 44.1 Å². The Morgan fingerprint density at radius 1 is 1.50 bits per heavy atom. The summed E-state index contributed by atoms with van der Waals surface area (Å²) in [5, 5.41) is 9.39. The third kappa shape index (κ3) is 5.98. The van der Waals surface area contributed by atoms with Gasteiger partial charge in [-0.25, -0.2) is 4.98 Å². The number of allylic oxidation sites excluding steroid dienone is 2. The van der Waals surface area contributed by atoms with Gasteiger partial charge in [-0.15, -0.1) is 11.3 Å². The molecule has 2 heterocycles. The summed E-state index contributed by atoms with van der Waals surface area (Å²) in [5.41, 5.74) is 3.36. The minimum Gasteiger partial charge on any atom is -0.387 e. The molecule has 130 valence electrons. The van der Waals surface area contributed by atoms with Crippen LogP contribution in [0.1, 0.15) is 23.5 Å². The third-order valence-corrected chi connectivity index (χ3v) is 4.63. The molecule has 1 aromatic heterocycles. The zero-order valence-electron chi connectivity index (χ0n) is 14.9. The van der Waals surface area contributed by atoms with Gasteiger partial charge in [0.15, 0.2) is 0 Å². The summed E-state index contributed by atoms with van der Waals surface area (Å²) in [5.74, 6) is 1.04. The fourth-order valence-electron chi connectivity index (χ4n) is 2.23. The smallest absolute Gasteiger partial charge is 0.124 e. The standard InChI is InChI=1S/C14H17N3S.C5H11N/c1-4-12-10-18-14(16-12)13(6-8-17(2)3)11-5-7-15-9-11;1-6-4-5-2-3-5/h4-8,10,15H,1,9H2,2-3H3;5-6H,2-4H2,1H3/b8-6-,13-11+;. The van der Waals surface area contributed by atoms with E-state index in [1.54, 1.807) is 17.4 Å². The highest BCUT2D eigenvalue weighted by atomic mass is 32.1. The first-order chi connectivity index (χ1) is 11.6. The van der Waals surface area contributed by atoms with Crippen LogP contribution in [0.2, 0.25) is 0 Å². The molecule has 0 amide bonds. The summed E-state index contributed by atoms with van der Waals surface area (Å²) in [6, 6.07) is 0. The number of nitrogens with one attached hydrogen (secondary N) is 2. The molecule has 0 saturated heterocycles. The Morgan fingerprint density at radius 2 is 2.29 bits per heavy atom. The summed E-state index contributed by atoms with van der Waals surface area (Å²) in [7, 11) is 6.04. The number of hydrogen-bond donors (Lipinski definition) is 2. The lowest BCUT2D eigenvalue weighted by molar-refractivity contribution is 0.564. The van der Waals surface area contributed by atoms with Crippen molar-refractivity contribution in [3.05, 3.63) is 52.8 Å². The summed E-state index contributed by atoms with van der Waals surface area (Å²) < 4.78 is 0. The average molecular weight is 345 g/mol. The SMILES string of the molecule is C=Cc1csc(C(/C=C\N(C)C)=C2\C=CNC2)n1.CNCC1CC1. The van der Waals surface area contributed by atoms with E-state index in [1.807, 2.05) is 43.8 Å².